The Kier molecular flexibility index (Phi) is 7.91. The fraction of sp³-hybridized carbons (Fsp3) is 0.600. The smallest absolute Gasteiger partial charge is 0.242 e. The predicted octanol–water partition coefficient (Wildman–Crippen LogP) is 1.90. The van der Waals surface area contributed by atoms with E-state index in [1.807, 2.05) is 36.1 Å². The first kappa shape index (κ1) is 20.2. The van der Waals surface area contributed by atoms with Crippen LogP contribution in [0.4, 0.5) is 0 Å². The van der Waals surface area contributed by atoms with Crippen molar-refractivity contribution in [1.82, 2.24) is 10.2 Å². The van der Waals surface area contributed by atoms with E-state index < -0.39 is 0 Å². The summed E-state index contributed by atoms with van der Waals surface area (Å²) in [5, 5.41) is 12.0. The molecule has 2 atom stereocenters. The molecule has 0 saturated carbocycles. The van der Waals surface area contributed by atoms with E-state index in [1.165, 1.54) is 0 Å². The molecule has 6 nitrogen and oxygen atoms in total. The highest BCUT2D eigenvalue weighted by Gasteiger charge is 2.24. The number of hydrogen-bond acceptors (Lipinski definition) is 4. The molecule has 0 aliphatic carbocycles. The highest BCUT2D eigenvalue weighted by molar-refractivity contribution is 5.86. The van der Waals surface area contributed by atoms with Crippen LogP contribution in [0.3, 0.4) is 0 Å². The average molecular weight is 362 g/mol. The summed E-state index contributed by atoms with van der Waals surface area (Å²) in [6.45, 7) is 5.17. The number of hydrogen-bond donors (Lipinski definition) is 2. The molecule has 26 heavy (non-hydrogen) atoms. The van der Waals surface area contributed by atoms with E-state index in [4.69, 9.17) is 4.74 Å². The van der Waals surface area contributed by atoms with Gasteiger partial charge in [0.05, 0.1) is 25.7 Å². The molecule has 1 aliphatic heterocycles. The fourth-order valence-corrected chi connectivity index (χ4v) is 3.14. The van der Waals surface area contributed by atoms with Crippen molar-refractivity contribution < 1.29 is 19.4 Å². The standard InChI is InChI=1S/C20H30N2O4/c1-15-6-4-10-22(15)20(25)14-21-19(24)13-17-8-3-9-18(12-17)26-11-5-7-16(2)23/h3,8-9,12,15-16,23H,4-7,10-11,13-14H2,1-2H3,(H,21,24). The van der Waals surface area contributed by atoms with Gasteiger partial charge in [0.1, 0.15) is 5.75 Å². The van der Waals surface area contributed by atoms with Crippen molar-refractivity contribution in [2.24, 2.45) is 0 Å². The highest BCUT2D eigenvalue weighted by atomic mass is 16.5. The highest BCUT2D eigenvalue weighted by Crippen LogP contribution is 2.16. The van der Waals surface area contributed by atoms with Crippen molar-refractivity contribution in [3.05, 3.63) is 29.8 Å². The molecule has 2 N–H and O–H groups in total. The maximum atomic E-state index is 12.1. The Balaban J connectivity index is 1.74. The van der Waals surface area contributed by atoms with E-state index in [2.05, 4.69) is 5.32 Å². The molecular weight excluding hydrogens is 332 g/mol. The summed E-state index contributed by atoms with van der Waals surface area (Å²) in [5.74, 6) is 0.526. The number of amides is 2. The molecule has 1 aromatic carbocycles. The number of aliphatic hydroxyl groups excluding tert-OH is 1. The van der Waals surface area contributed by atoms with Gasteiger partial charge in [0.15, 0.2) is 0 Å². The number of likely N-dealkylation sites (tertiary alicyclic amines) is 1. The van der Waals surface area contributed by atoms with Gasteiger partial charge in [-0.1, -0.05) is 12.1 Å². The maximum absolute atomic E-state index is 12.1. The lowest BCUT2D eigenvalue weighted by atomic mass is 10.1. The molecule has 2 amide bonds. The third kappa shape index (κ3) is 6.67. The molecular formula is C20H30N2O4. The molecule has 0 bridgehead atoms. The van der Waals surface area contributed by atoms with Gasteiger partial charge in [-0.15, -0.1) is 0 Å². The number of rotatable bonds is 9. The van der Waals surface area contributed by atoms with Crippen LogP contribution in [0.1, 0.15) is 45.1 Å². The Bertz CT molecular complexity index is 603. The van der Waals surface area contributed by atoms with Crippen LogP contribution in [0.25, 0.3) is 0 Å². The normalized spacial score (nSPS) is 17.8. The number of aliphatic hydroxyl groups is 1. The second-order valence-corrected chi connectivity index (χ2v) is 7.02. The van der Waals surface area contributed by atoms with Crippen molar-refractivity contribution in [3.8, 4) is 5.75 Å². The Hall–Kier alpha value is -2.08. The number of carbonyl (C=O) groups excluding carboxylic acids is 2. The zero-order chi connectivity index (χ0) is 18.9. The lowest BCUT2D eigenvalue weighted by molar-refractivity contribution is -0.133. The molecule has 1 heterocycles. The fourth-order valence-electron chi connectivity index (χ4n) is 3.14. The van der Waals surface area contributed by atoms with Gasteiger partial charge < -0.3 is 20.1 Å². The summed E-state index contributed by atoms with van der Waals surface area (Å²) in [6.07, 6.45) is 3.44. The van der Waals surface area contributed by atoms with Gasteiger partial charge in [0.25, 0.3) is 0 Å². The first-order valence-electron chi connectivity index (χ1n) is 9.41. The van der Waals surface area contributed by atoms with E-state index in [1.54, 1.807) is 6.92 Å². The first-order valence-corrected chi connectivity index (χ1v) is 9.41. The van der Waals surface area contributed by atoms with E-state index in [9.17, 15) is 14.7 Å². The van der Waals surface area contributed by atoms with Crippen molar-refractivity contribution in [2.75, 3.05) is 19.7 Å². The van der Waals surface area contributed by atoms with Gasteiger partial charge in [-0.05, 0) is 57.2 Å². The summed E-state index contributed by atoms with van der Waals surface area (Å²) in [4.78, 5) is 26.1. The first-order chi connectivity index (χ1) is 12.5. The van der Waals surface area contributed by atoms with Crippen LogP contribution >= 0.6 is 0 Å². The Morgan fingerprint density at radius 2 is 2.23 bits per heavy atom. The van der Waals surface area contributed by atoms with E-state index in [-0.39, 0.29) is 36.9 Å². The average Bonchev–Trinajstić information content (AvgIpc) is 3.03. The topological polar surface area (TPSA) is 78.9 Å². The molecule has 1 aromatic rings. The van der Waals surface area contributed by atoms with Gasteiger partial charge in [0, 0.05) is 12.6 Å². The molecule has 0 spiro atoms. The summed E-state index contributed by atoms with van der Waals surface area (Å²) in [5.41, 5.74) is 0.845. The summed E-state index contributed by atoms with van der Waals surface area (Å²) >= 11 is 0. The maximum Gasteiger partial charge on any atom is 0.242 e. The third-order valence-electron chi connectivity index (χ3n) is 4.61. The summed E-state index contributed by atoms with van der Waals surface area (Å²) < 4.78 is 5.65. The monoisotopic (exact) mass is 362 g/mol. The molecule has 144 valence electrons. The van der Waals surface area contributed by atoms with Crippen LogP contribution in [0.15, 0.2) is 24.3 Å². The summed E-state index contributed by atoms with van der Waals surface area (Å²) in [7, 11) is 0. The number of ether oxygens (including phenoxy) is 1. The lowest BCUT2D eigenvalue weighted by Crippen LogP contribution is -2.42. The molecule has 1 aliphatic rings. The van der Waals surface area contributed by atoms with Crippen molar-refractivity contribution in [2.45, 2.75) is 58.1 Å². The molecule has 0 aromatic heterocycles. The zero-order valence-corrected chi connectivity index (χ0v) is 15.7. The summed E-state index contributed by atoms with van der Waals surface area (Å²) in [6, 6.07) is 7.67. The SMILES string of the molecule is CC(O)CCCOc1cccc(CC(=O)NCC(=O)N2CCCC2C)c1. The molecule has 0 radical (unpaired) electrons. The van der Waals surface area contributed by atoms with E-state index >= 15 is 0 Å². The molecule has 1 fully saturated rings. The van der Waals surface area contributed by atoms with Crippen LogP contribution in [0.5, 0.6) is 5.75 Å². The minimum absolute atomic E-state index is 0.0152. The van der Waals surface area contributed by atoms with Crippen LogP contribution in [-0.4, -0.2) is 53.7 Å². The zero-order valence-electron chi connectivity index (χ0n) is 15.7. The molecule has 2 unspecified atom stereocenters. The number of carbonyl (C=O) groups is 2. The van der Waals surface area contributed by atoms with Crippen LogP contribution in [0, 0.1) is 0 Å². The van der Waals surface area contributed by atoms with Crippen molar-refractivity contribution in [1.29, 1.82) is 0 Å². The third-order valence-corrected chi connectivity index (χ3v) is 4.61. The minimum atomic E-state index is -0.320. The minimum Gasteiger partial charge on any atom is -0.494 e. The quantitative estimate of drug-likeness (QED) is 0.658. The van der Waals surface area contributed by atoms with Crippen LogP contribution < -0.4 is 10.1 Å². The number of nitrogens with zero attached hydrogens (tertiary/aromatic N) is 1. The predicted molar refractivity (Wildman–Crippen MR) is 100.0 cm³/mol. The van der Waals surface area contributed by atoms with Crippen LogP contribution in [0.2, 0.25) is 0 Å². The van der Waals surface area contributed by atoms with Gasteiger partial charge in [-0.2, -0.15) is 0 Å². The number of benzene rings is 1. The Morgan fingerprint density at radius 3 is 2.92 bits per heavy atom. The van der Waals surface area contributed by atoms with Gasteiger partial charge in [0.2, 0.25) is 11.8 Å². The van der Waals surface area contributed by atoms with Crippen molar-refractivity contribution >= 4 is 11.8 Å². The lowest BCUT2D eigenvalue weighted by Gasteiger charge is -2.21. The van der Waals surface area contributed by atoms with Crippen LogP contribution in [-0.2, 0) is 16.0 Å². The second kappa shape index (κ2) is 10.2. The molecule has 1 saturated heterocycles. The largest absolute Gasteiger partial charge is 0.494 e. The second-order valence-electron chi connectivity index (χ2n) is 7.02. The van der Waals surface area contributed by atoms with Gasteiger partial charge in [-0.25, -0.2) is 0 Å². The molecule has 6 heteroatoms. The number of nitrogens with one attached hydrogen (secondary N) is 1. The van der Waals surface area contributed by atoms with Crippen molar-refractivity contribution in [3.63, 3.8) is 0 Å². The Morgan fingerprint density at radius 1 is 1.42 bits per heavy atom. The van der Waals surface area contributed by atoms with Gasteiger partial charge >= 0.3 is 0 Å². The van der Waals surface area contributed by atoms with E-state index in [0.29, 0.717) is 18.8 Å². The molecule has 2 rings (SSSR count). The Labute approximate surface area is 155 Å². The van der Waals surface area contributed by atoms with E-state index in [0.717, 1.165) is 31.4 Å². The van der Waals surface area contributed by atoms with Gasteiger partial charge in [-0.3, -0.25) is 9.59 Å².